The highest BCUT2D eigenvalue weighted by atomic mass is 16.3. The van der Waals surface area contributed by atoms with E-state index in [9.17, 15) is 14.4 Å². The summed E-state index contributed by atoms with van der Waals surface area (Å²) >= 11 is 0. The number of amides is 3. The van der Waals surface area contributed by atoms with Gasteiger partial charge in [-0.15, -0.1) is 0 Å². The van der Waals surface area contributed by atoms with Crippen LogP contribution in [0.5, 0.6) is 0 Å². The third-order valence-electron chi connectivity index (χ3n) is 6.58. The highest BCUT2D eigenvalue weighted by Crippen LogP contribution is 2.55. The van der Waals surface area contributed by atoms with Crippen LogP contribution in [0.25, 0.3) is 0 Å². The van der Waals surface area contributed by atoms with Gasteiger partial charge in [0.05, 0.1) is 19.4 Å². The molecule has 6 rings (SSSR count). The Kier molecular flexibility index (Phi) is 5.69. The Morgan fingerprint density at radius 2 is 1.36 bits per heavy atom. The van der Waals surface area contributed by atoms with Gasteiger partial charge >= 0.3 is 0 Å². The number of carbonyl (C=O) groups excluding carboxylic acids is 3. The van der Waals surface area contributed by atoms with Gasteiger partial charge in [-0.05, 0) is 46.7 Å². The summed E-state index contributed by atoms with van der Waals surface area (Å²) in [7, 11) is 0. The van der Waals surface area contributed by atoms with Gasteiger partial charge < -0.3 is 20.4 Å². The summed E-state index contributed by atoms with van der Waals surface area (Å²) in [5.74, 6) is -0.130. The molecule has 0 radical (unpaired) electrons. The molecule has 1 heterocycles. The van der Waals surface area contributed by atoms with Gasteiger partial charge in [0.15, 0.2) is 5.76 Å². The first-order chi connectivity index (χ1) is 16.1. The highest BCUT2D eigenvalue weighted by molar-refractivity contribution is 5.94. The molecular formula is C26H25N3O4. The van der Waals surface area contributed by atoms with Crippen LogP contribution < -0.4 is 16.0 Å². The molecule has 3 amide bonds. The predicted octanol–water partition coefficient (Wildman–Crippen LogP) is 2.54. The maximum Gasteiger partial charge on any atom is 0.287 e. The number of fused-ring (bicyclic) bond motifs is 1. The van der Waals surface area contributed by atoms with Crippen LogP contribution in [0, 0.1) is 5.92 Å². The van der Waals surface area contributed by atoms with E-state index in [1.54, 1.807) is 6.07 Å². The Balaban J connectivity index is 1.14. The number of rotatable bonds is 7. The maximum atomic E-state index is 12.4. The average Bonchev–Trinajstić information content (AvgIpc) is 3.40. The molecule has 0 aliphatic heterocycles. The summed E-state index contributed by atoms with van der Waals surface area (Å²) in [6.07, 6.45) is 2.37. The molecule has 0 fully saturated rings. The Labute approximate surface area is 191 Å². The lowest BCUT2D eigenvalue weighted by atomic mass is 9.59. The minimum atomic E-state index is -0.479. The van der Waals surface area contributed by atoms with Crippen LogP contribution in [-0.4, -0.2) is 37.4 Å². The van der Waals surface area contributed by atoms with E-state index in [4.69, 9.17) is 4.42 Å². The maximum absolute atomic E-state index is 12.4. The zero-order chi connectivity index (χ0) is 22.8. The molecular weight excluding hydrogens is 418 g/mol. The summed E-state index contributed by atoms with van der Waals surface area (Å²) < 4.78 is 4.97. The van der Waals surface area contributed by atoms with Crippen molar-refractivity contribution in [2.45, 2.75) is 18.3 Å². The minimum absolute atomic E-state index is 0.130. The first-order valence-electron chi connectivity index (χ1n) is 11.1. The van der Waals surface area contributed by atoms with Crippen molar-refractivity contribution in [2.24, 2.45) is 5.92 Å². The molecule has 7 nitrogen and oxygen atoms in total. The summed E-state index contributed by atoms with van der Waals surface area (Å²) in [4.78, 5) is 36.2. The van der Waals surface area contributed by atoms with Gasteiger partial charge in [0.25, 0.3) is 5.91 Å². The molecule has 1 atom stereocenters. The molecule has 0 unspecified atom stereocenters. The summed E-state index contributed by atoms with van der Waals surface area (Å²) in [5, 5.41) is 7.98. The van der Waals surface area contributed by atoms with E-state index in [0.29, 0.717) is 18.4 Å². The third-order valence-corrected chi connectivity index (χ3v) is 6.58. The summed E-state index contributed by atoms with van der Waals surface area (Å²) in [6, 6.07) is 20.3. The zero-order valence-electron chi connectivity index (χ0n) is 18.0. The second-order valence-corrected chi connectivity index (χ2v) is 8.52. The smallest absolute Gasteiger partial charge is 0.287 e. The van der Waals surface area contributed by atoms with Gasteiger partial charge in [-0.1, -0.05) is 48.5 Å². The normalized spacial score (nSPS) is 19.8. The number of carbonyl (C=O) groups is 3. The van der Waals surface area contributed by atoms with Gasteiger partial charge in [-0.3, -0.25) is 14.4 Å². The van der Waals surface area contributed by atoms with Crippen molar-refractivity contribution in [1.82, 2.24) is 16.0 Å². The molecule has 3 aliphatic carbocycles. The Bertz CT molecular complexity index is 1140. The fraction of sp³-hybridized carbons (Fsp3) is 0.269. The molecule has 3 aromatic rings. The van der Waals surface area contributed by atoms with Crippen LogP contribution in [0.2, 0.25) is 0 Å². The lowest BCUT2D eigenvalue weighted by molar-refractivity contribution is -0.125. The van der Waals surface area contributed by atoms with Crippen LogP contribution >= 0.6 is 0 Å². The number of hydrogen-bond donors (Lipinski definition) is 3. The van der Waals surface area contributed by atoms with E-state index in [1.807, 2.05) is 0 Å². The van der Waals surface area contributed by atoms with Crippen LogP contribution in [0.3, 0.4) is 0 Å². The van der Waals surface area contributed by atoms with Crippen molar-refractivity contribution >= 4 is 17.7 Å². The van der Waals surface area contributed by atoms with Gasteiger partial charge in [0.1, 0.15) is 0 Å². The van der Waals surface area contributed by atoms with Crippen molar-refractivity contribution in [3.05, 3.63) is 94.9 Å². The lowest BCUT2D eigenvalue weighted by Gasteiger charge is -2.45. The lowest BCUT2D eigenvalue weighted by Crippen LogP contribution is -2.44. The number of benzene rings is 2. The van der Waals surface area contributed by atoms with E-state index in [2.05, 4.69) is 64.5 Å². The molecule has 2 aromatic carbocycles. The fourth-order valence-electron chi connectivity index (χ4n) is 5.16. The predicted molar refractivity (Wildman–Crippen MR) is 122 cm³/mol. The molecule has 0 saturated carbocycles. The van der Waals surface area contributed by atoms with Crippen LogP contribution in [0.1, 0.15) is 51.1 Å². The van der Waals surface area contributed by atoms with Crippen LogP contribution in [0.4, 0.5) is 0 Å². The SMILES string of the molecule is O=C(CNC(=O)CNC(=O)c1ccco1)NC[C@@H]1CC2c3ccccc3C1c1ccccc12. The molecule has 168 valence electrons. The van der Waals surface area contributed by atoms with E-state index in [-0.39, 0.29) is 30.7 Å². The van der Waals surface area contributed by atoms with Crippen molar-refractivity contribution in [3.8, 4) is 0 Å². The number of hydrogen-bond acceptors (Lipinski definition) is 4. The second kappa shape index (κ2) is 8.94. The number of nitrogens with one attached hydrogen (secondary N) is 3. The largest absolute Gasteiger partial charge is 0.459 e. The van der Waals surface area contributed by atoms with Crippen molar-refractivity contribution in [3.63, 3.8) is 0 Å². The fourth-order valence-corrected chi connectivity index (χ4v) is 5.16. The first-order valence-corrected chi connectivity index (χ1v) is 11.1. The molecule has 3 aliphatic rings. The summed E-state index contributed by atoms with van der Waals surface area (Å²) in [5.41, 5.74) is 5.50. The number of furan rings is 1. The Morgan fingerprint density at radius 3 is 2.00 bits per heavy atom. The average molecular weight is 444 g/mol. The second-order valence-electron chi connectivity index (χ2n) is 8.52. The van der Waals surface area contributed by atoms with Gasteiger partial charge in [-0.25, -0.2) is 0 Å². The molecule has 3 N–H and O–H groups in total. The molecule has 2 bridgehead atoms. The van der Waals surface area contributed by atoms with Crippen molar-refractivity contribution in [1.29, 1.82) is 0 Å². The van der Waals surface area contributed by atoms with E-state index < -0.39 is 11.8 Å². The Morgan fingerprint density at radius 1 is 0.758 bits per heavy atom. The van der Waals surface area contributed by atoms with Gasteiger partial charge in [-0.2, -0.15) is 0 Å². The van der Waals surface area contributed by atoms with Crippen LogP contribution in [-0.2, 0) is 9.59 Å². The van der Waals surface area contributed by atoms with Crippen molar-refractivity contribution in [2.75, 3.05) is 19.6 Å². The van der Waals surface area contributed by atoms with Gasteiger partial charge in [0.2, 0.25) is 11.8 Å². The molecule has 33 heavy (non-hydrogen) atoms. The molecule has 0 spiro atoms. The van der Waals surface area contributed by atoms with Gasteiger partial charge in [0, 0.05) is 18.4 Å². The molecule has 1 aromatic heterocycles. The highest BCUT2D eigenvalue weighted by Gasteiger charge is 2.42. The van der Waals surface area contributed by atoms with E-state index in [1.165, 1.54) is 34.6 Å². The standard InChI is InChI=1S/C26H25N3O4/c30-23(14-28-24(31)15-29-26(32)22-10-5-11-33-22)27-13-16-12-21-17-6-1-3-8-19(17)25(16)20-9-4-2-7-18(20)21/h1-11,16,21,25H,12-15H2,(H,27,30)(H,28,31)(H,29,32)/t16-,21?,25?/m0/s1. The first kappa shape index (κ1) is 21.0. The third kappa shape index (κ3) is 4.14. The monoisotopic (exact) mass is 443 g/mol. The molecule has 7 heteroatoms. The van der Waals surface area contributed by atoms with E-state index >= 15 is 0 Å². The topological polar surface area (TPSA) is 100 Å². The molecule has 0 saturated heterocycles. The zero-order valence-corrected chi connectivity index (χ0v) is 18.0. The summed E-state index contributed by atoms with van der Waals surface area (Å²) in [6.45, 7) is 0.184. The van der Waals surface area contributed by atoms with E-state index in [0.717, 1.165) is 6.42 Å². The minimum Gasteiger partial charge on any atom is -0.459 e. The van der Waals surface area contributed by atoms with Crippen molar-refractivity contribution < 1.29 is 18.8 Å². The Hall–Kier alpha value is -3.87. The van der Waals surface area contributed by atoms with Crippen LogP contribution in [0.15, 0.2) is 71.3 Å². The quantitative estimate of drug-likeness (QED) is 0.522.